The molecule has 24 heavy (non-hydrogen) atoms. The van der Waals surface area contributed by atoms with Gasteiger partial charge in [-0.2, -0.15) is 13.2 Å². The molecule has 0 bridgehead atoms. The van der Waals surface area contributed by atoms with Gasteiger partial charge in [0.2, 0.25) is 0 Å². The van der Waals surface area contributed by atoms with Crippen LogP contribution in [-0.2, 0) is 17.3 Å². The lowest BCUT2D eigenvalue weighted by molar-refractivity contribution is -0.138. The van der Waals surface area contributed by atoms with Gasteiger partial charge in [-0.15, -0.1) is 0 Å². The van der Waals surface area contributed by atoms with Crippen molar-refractivity contribution in [2.75, 3.05) is 0 Å². The Labute approximate surface area is 139 Å². The van der Waals surface area contributed by atoms with Crippen molar-refractivity contribution in [3.05, 3.63) is 71.3 Å². The average Bonchev–Trinajstić information content (AvgIpc) is 2.53. The molecule has 2 aromatic carbocycles. The van der Waals surface area contributed by atoms with Crippen molar-refractivity contribution in [1.29, 1.82) is 0 Å². The Hall–Kier alpha value is -2.30. The molecule has 0 spiro atoms. The molecule has 0 aliphatic rings. The minimum absolute atomic E-state index is 0.460. The fourth-order valence-electron chi connectivity index (χ4n) is 2.36. The fourth-order valence-corrected chi connectivity index (χ4v) is 2.36. The van der Waals surface area contributed by atoms with E-state index in [0.717, 1.165) is 17.7 Å². The molecule has 0 aliphatic carbocycles. The first kappa shape index (κ1) is 18.0. The average molecular weight is 336 g/mol. The minimum atomic E-state index is -4.59. The maximum atomic E-state index is 13.0. The molecular formula is C19H19F3O2. The quantitative estimate of drug-likeness (QED) is 0.695. The molecule has 0 atom stereocenters. The number of hydrogen-bond acceptors (Lipinski definition) is 2. The van der Waals surface area contributed by atoms with Crippen LogP contribution in [0.1, 0.15) is 41.8 Å². The molecule has 0 saturated carbocycles. The van der Waals surface area contributed by atoms with E-state index in [0.29, 0.717) is 12.8 Å². The fraction of sp³-hybridized carbons (Fsp3) is 0.316. The van der Waals surface area contributed by atoms with Gasteiger partial charge in [0, 0.05) is 0 Å². The topological polar surface area (TPSA) is 26.3 Å². The molecule has 5 heteroatoms. The number of alkyl halides is 3. The maximum absolute atomic E-state index is 13.0. The monoisotopic (exact) mass is 336 g/mol. The second-order valence-corrected chi connectivity index (χ2v) is 6.18. The molecular weight excluding hydrogens is 317 g/mol. The van der Waals surface area contributed by atoms with Crippen LogP contribution in [0, 0.1) is 0 Å². The van der Waals surface area contributed by atoms with E-state index in [2.05, 4.69) is 0 Å². The van der Waals surface area contributed by atoms with Gasteiger partial charge in [-0.3, -0.25) is 0 Å². The van der Waals surface area contributed by atoms with Gasteiger partial charge in [-0.05, 0) is 44.4 Å². The molecule has 0 aromatic heterocycles. The number of halogens is 3. The molecule has 0 radical (unpaired) electrons. The van der Waals surface area contributed by atoms with Crippen molar-refractivity contribution >= 4 is 5.97 Å². The summed E-state index contributed by atoms with van der Waals surface area (Å²) in [6.45, 7) is 3.40. The summed E-state index contributed by atoms with van der Waals surface area (Å²) in [5.41, 5.74) is -1.23. The lowest BCUT2D eigenvalue weighted by atomic mass is 9.98. The molecule has 0 N–H and O–H groups in total. The van der Waals surface area contributed by atoms with Crippen molar-refractivity contribution in [3.8, 4) is 0 Å². The van der Waals surface area contributed by atoms with Crippen LogP contribution >= 0.6 is 0 Å². The summed E-state index contributed by atoms with van der Waals surface area (Å²) in [7, 11) is 0. The van der Waals surface area contributed by atoms with Gasteiger partial charge in [0.15, 0.2) is 0 Å². The van der Waals surface area contributed by atoms with Gasteiger partial charge < -0.3 is 4.74 Å². The molecule has 2 rings (SSSR count). The van der Waals surface area contributed by atoms with Crippen LogP contribution in [-0.4, -0.2) is 11.6 Å². The minimum Gasteiger partial charge on any atom is -0.456 e. The van der Waals surface area contributed by atoms with Crippen LogP contribution in [0.15, 0.2) is 54.6 Å². The summed E-state index contributed by atoms with van der Waals surface area (Å²) < 4.78 is 44.4. The predicted molar refractivity (Wildman–Crippen MR) is 85.7 cm³/mol. The lowest BCUT2D eigenvalue weighted by Crippen LogP contribution is -2.29. The molecule has 0 heterocycles. The zero-order valence-corrected chi connectivity index (χ0v) is 13.6. The van der Waals surface area contributed by atoms with E-state index >= 15 is 0 Å². The highest BCUT2D eigenvalue weighted by Crippen LogP contribution is 2.33. The lowest BCUT2D eigenvalue weighted by Gasteiger charge is -2.26. The molecule has 0 saturated heterocycles. The molecule has 0 amide bonds. The highest BCUT2D eigenvalue weighted by atomic mass is 19.4. The molecule has 2 nitrogen and oxygen atoms in total. The molecule has 0 fully saturated rings. The maximum Gasteiger partial charge on any atom is 0.417 e. The van der Waals surface area contributed by atoms with Crippen molar-refractivity contribution in [3.63, 3.8) is 0 Å². The molecule has 2 aromatic rings. The van der Waals surface area contributed by atoms with E-state index in [9.17, 15) is 18.0 Å². The summed E-state index contributed by atoms with van der Waals surface area (Å²) in [6.07, 6.45) is -3.41. The summed E-state index contributed by atoms with van der Waals surface area (Å²) in [4.78, 5) is 12.2. The Bertz CT molecular complexity index is 691. The first-order valence-electron chi connectivity index (χ1n) is 7.62. The van der Waals surface area contributed by atoms with Crippen molar-refractivity contribution in [2.24, 2.45) is 0 Å². The highest BCUT2D eigenvalue weighted by molar-refractivity contribution is 5.91. The van der Waals surface area contributed by atoms with E-state index in [1.54, 1.807) is 13.8 Å². The first-order chi connectivity index (χ1) is 11.2. The number of aryl methyl sites for hydroxylation is 1. The van der Waals surface area contributed by atoms with E-state index in [1.807, 2.05) is 30.3 Å². The zero-order valence-electron chi connectivity index (χ0n) is 13.6. The third kappa shape index (κ3) is 4.85. The van der Waals surface area contributed by atoms with Crippen LogP contribution in [0.3, 0.4) is 0 Å². The Morgan fingerprint density at radius 3 is 2.17 bits per heavy atom. The largest absolute Gasteiger partial charge is 0.456 e. The summed E-state index contributed by atoms with van der Waals surface area (Å²) >= 11 is 0. The predicted octanol–water partition coefficient (Wildman–Crippen LogP) is 5.27. The first-order valence-corrected chi connectivity index (χ1v) is 7.62. The van der Waals surface area contributed by atoms with E-state index in [-0.39, 0.29) is 0 Å². The van der Waals surface area contributed by atoms with Crippen LogP contribution in [0.2, 0.25) is 0 Å². The van der Waals surface area contributed by atoms with Gasteiger partial charge in [0.25, 0.3) is 0 Å². The Morgan fingerprint density at radius 1 is 0.958 bits per heavy atom. The van der Waals surface area contributed by atoms with Gasteiger partial charge in [0.05, 0.1) is 11.1 Å². The summed E-state index contributed by atoms with van der Waals surface area (Å²) in [5.74, 6) is -0.957. The molecule has 0 aliphatic heterocycles. The third-order valence-corrected chi connectivity index (χ3v) is 3.68. The molecule has 0 unspecified atom stereocenters. The second kappa shape index (κ2) is 7.07. The number of esters is 1. The SMILES string of the molecule is CC(C)(CCc1ccccc1)OC(=O)c1ccccc1C(F)(F)F. The van der Waals surface area contributed by atoms with E-state index < -0.39 is 28.9 Å². The number of carbonyl (C=O) groups excluding carboxylic acids is 1. The number of rotatable bonds is 5. The number of benzene rings is 2. The van der Waals surface area contributed by atoms with E-state index in [4.69, 9.17) is 4.74 Å². The van der Waals surface area contributed by atoms with Gasteiger partial charge >= 0.3 is 12.1 Å². The van der Waals surface area contributed by atoms with E-state index in [1.165, 1.54) is 12.1 Å². The zero-order chi connectivity index (χ0) is 17.8. The molecule has 128 valence electrons. The van der Waals surface area contributed by atoms with Crippen molar-refractivity contribution in [1.82, 2.24) is 0 Å². The standard InChI is InChI=1S/C19H19F3O2/c1-18(2,13-12-14-8-4-3-5-9-14)24-17(23)15-10-6-7-11-16(15)19(20,21)22/h3-11H,12-13H2,1-2H3. The summed E-state index contributed by atoms with van der Waals surface area (Å²) in [6, 6.07) is 14.3. The van der Waals surface area contributed by atoms with Crippen LogP contribution < -0.4 is 0 Å². The number of hydrogen-bond donors (Lipinski definition) is 0. The Balaban J connectivity index is 2.08. The third-order valence-electron chi connectivity index (χ3n) is 3.68. The number of carbonyl (C=O) groups is 1. The van der Waals surface area contributed by atoms with Crippen molar-refractivity contribution in [2.45, 2.75) is 38.5 Å². The van der Waals surface area contributed by atoms with Crippen molar-refractivity contribution < 1.29 is 22.7 Å². The second-order valence-electron chi connectivity index (χ2n) is 6.18. The normalized spacial score (nSPS) is 12.0. The highest BCUT2D eigenvalue weighted by Gasteiger charge is 2.36. The number of ether oxygens (including phenoxy) is 1. The van der Waals surface area contributed by atoms with Gasteiger partial charge in [-0.1, -0.05) is 42.5 Å². The van der Waals surface area contributed by atoms with Gasteiger partial charge in [-0.25, -0.2) is 4.79 Å². The van der Waals surface area contributed by atoms with Crippen LogP contribution in [0.25, 0.3) is 0 Å². The summed E-state index contributed by atoms with van der Waals surface area (Å²) in [5, 5.41) is 0. The van der Waals surface area contributed by atoms with Gasteiger partial charge in [0.1, 0.15) is 5.60 Å². The smallest absolute Gasteiger partial charge is 0.417 e. The van der Waals surface area contributed by atoms with Crippen LogP contribution in [0.5, 0.6) is 0 Å². The Morgan fingerprint density at radius 2 is 1.54 bits per heavy atom. The van der Waals surface area contributed by atoms with Crippen LogP contribution in [0.4, 0.5) is 13.2 Å². The Kier molecular flexibility index (Phi) is 5.32.